The van der Waals surface area contributed by atoms with Crippen molar-refractivity contribution in [2.45, 2.75) is 39.0 Å². The molecule has 1 aliphatic rings. The van der Waals surface area contributed by atoms with E-state index in [2.05, 4.69) is 4.98 Å². The van der Waals surface area contributed by atoms with Crippen molar-refractivity contribution in [3.05, 3.63) is 15.6 Å². The number of thiazole rings is 1. The zero-order valence-electron chi connectivity index (χ0n) is 8.82. The van der Waals surface area contributed by atoms with Crippen LogP contribution in [0.2, 0.25) is 0 Å². The van der Waals surface area contributed by atoms with Gasteiger partial charge in [-0.25, -0.2) is 9.78 Å². The van der Waals surface area contributed by atoms with Crippen LogP contribution < -0.4 is 0 Å². The highest BCUT2D eigenvalue weighted by Crippen LogP contribution is 2.30. The predicted octanol–water partition coefficient (Wildman–Crippen LogP) is 2.88. The first kappa shape index (κ1) is 10.6. The Morgan fingerprint density at radius 2 is 2.20 bits per heavy atom. The van der Waals surface area contributed by atoms with Crippen molar-refractivity contribution in [2.75, 3.05) is 0 Å². The second-order valence-corrected chi connectivity index (χ2v) is 5.27. The minimum atomic E-state index is -0.845. The first-order valence-electron chi connectivity index (χ1n) is 5.36. The maximum Gasteiger partial charge on any atom is 0.347 e. The van der Waals surface area contributed by atoms with Crippen molar-refractivity contribution in [1.29, 1.82) is 0 Å². The molecule has 1 aliphatic carbocycles. The van der Waals surface area contributed by atoms with Gasteiger partial charge in [-0.2, -0.15) is 0 Å². The van der Waals surface area contributed by atoms with E-state index < -0.39 is 5.97 Å². The minimum Gasteiger partial charge on any atom is -0.477 e. The third-order valence-corrected chi connectivity index (χ3v) is 4.14. The van der Waals surface area contributed by atoms with Gasteiger partial charge in [-0.15, -0.1) is 11.3 Å². The largest absolute Gasteiger partial charge is 0.477 e. The van der Waals surface area contributed by atoms with Crippen LogP contribution >= 0.6 is 11.3 Å². The number of aromatic carboxylic acids is 1. The number of carboxylic acid groups (broad SMARTS) is 1. The van der Waals surface area contributed by atoms with Gasteiger partial charge < -0.3 is 5.11 Å². The summed E-state index contributed by atoms with van der Waals surface area (Å²) in [5.41, 5.74) is 0.667. The van der Waals surface area contributed by atoms with Crippen molar-refractivity contribution < 1.29 is 9.90 Å². The minimum absolute atomic E-state index is 0.406. The lowest BCUT2D eigenvalue weighted by Crippen LogP contribution is -1.97. The van der Waals surface area contributed by atoms with Gasteiger partial charge in [-0.3, -0.25) is 0 Å². The van der Waals surface area contributed by atoms with Gasteiger partial charge in [0.25, 0.3) is 0 Å². The van der Waals surface area contributed by atoms with Crippen molar-refractivity contribution >= 4 is 17.3 Å². The molecule has 0 aliphatic heterocycles. The van der Waals surface area contributed by atoms with Gasteiger partial charge in [0.15, 0.2) is 0 Å². The van der Waals surface area contributed by atoms with E-state index in [4.69, 9.17) is 5.11 Å². The Bertz CT molecular complexity index is 367. The molecule has 1 saturated carbocycles. The first-order chi connectivity index (χ1) is 7.16. The fourth-order valence-electron chi connectivity index (χ4n) is 2.20. The van der Waals surface area contributed by atoms with Crippen molar-refractivity contribution in [1.82, 2.24) is 4.98 Å². The molecule has 0 bridgehead atoms. The van der Waals surface area contributed by atoms with Crippen LogP contribution in [0.25, 0.3) is 0 Å². The van der Waals surface area contributed by atoms with Crippen LogP contribution in [0.15, 0.2) is 0 Å². The number of aryl methyl sites for hydroxylation is 1. The predicted molar refractivity (Wildman–Crippen MR) is 59.5 cm³/mol. The monoisotopic (exact) mass is 225 g/mol. The average Bonchev–Trinajstić information content (AvgIpc) is 2.75. The zero-order chi connectivity index (χ0) is 10.8. The Labute approximate surface area is 93.2 Å². The first-order valence-corrected chi connectivity index (χ1v) is 6.18. The number of hydrogen-bond acceptors (Lipinski definition) is 3. The van der Waals surface area contributed by atoms with Crippen LogP contribution in [0, 0.1) is 12.8 Å². The fourth-order valence-corrected chi connectivity index (χ4v) is 3.22. The molecule has 2 rings (SSSR count). The Kier molecular flexibility index (Phi) is 3.05. The molecule has 15 heavy (non-hydrogen) atoms. The summed E-state index contributed by atoms with van der Waals surface area (Å²) in [6, 6.07) is 0. The Morgan fingerprint density at radius 1 is 1.53 bits per heavy atom. The summed E-state index contributed by atoms with van der Waals surface area (Å²) in [5, 5.41) is 9.91. The molecule has 0 saturated heterocycles. The van der Waals surface area contributed by atoms with Crippen molar-refractivity contribution in [3.8, 4) is 0 Å². The molecule has 0 unspecified atom stereocenters. The second-order valence-electron chi connectivity index (χ2n) is 4.18. The van der Waals surface area contributed by atoms with Gasteiger partial charge in [0.1, 0.15) is 4.88 Å². The van der Waals surface area contributed by atoms with E-state index in [9.17, 15) is 4.79 Å². The summed E-state index contributed by atoms with van der Waals surface area (Å²) in [5.74, 6) is -0.111. The highest BCUT2D eigenvalue weighted by Gasteiger charge is 2.19. The molecule has 1 heterocycles. The zero-order valence-corrected chi connectivity index (χ0v) is 9.64. The second kappa shape index (κ2) is 4.31. The lowest BCUT2D eigenvalue weighted by molar-refractivity contribution is 0.0701. The van der Waals surface area contributed by atoms with Gasteiger partial charge in [0, 0.05) is 6.42 Å². The van der Waals surface area contributed by atoms with E-state index in [1.165, 1.54) is 37.0 Å². The summed E-state index contributed by atoms with van der Waals surface area (Å²) >= 11 is 1.34. The Hall–Kier alpha value is -0.900. The molecule has 1 aromatic heterocycles. The van der Waals surface area contributed by atoms with Gasteiger partial charge in [-0.05, 0) is 12.8 Å². The van der Waals surface area contributed by atoms with Crippen LogP contribution in [-0.4, -0.2) is 16.1 Å². The van der Waals surface area contributed by atoms with Crippen LogP contribution in [0.1, 0.15) is 46.1 Å². The third-order valence-electron chi connectivity index (χ3n) is 2.97. The maximum absolute atomic E-state index is 10.8. The molecule has 0 atom stereocenters. The maximum atomic E-state index is 10.8. The van der Waals surface area contributed by atoms with E-state index in [1.54, 1.807) is 6.92 Å². The van der Waals surface area contributed by atoms with Gasteiger partial charge in [0.05, 0.1) is 10.7 Å². The molecular formula is C11H15NO2S. The van der Waals surface area contributed by atoms with Crippen LogP contribution in [0.3, 0.4) is 0 Å². The molecule has 0 spiro atoms. The molecule has 0 aromatic carbocycles. The van der Waals surface area contributed by atoms with E-state index in [0.717, 1.165) is 17.3 Å². The van der Waals surface area contributed by atoms with Crippen molar-refractivity contribution in [3.63, 3.8) is 0 Å². The molecule has 1 aromatic rings. The van der Waals surface area contributed by atoms with E-state index >= 15 is 0 Å². The van der Waals surface area contributed by atoms with E-state index in [1.807, 2.05) is 0 Å². The van der Waals surface area contributed by atoms with E-state index in [0.29, 0.717) is 10.6 Å². The highest BCUT2D eigenvalue weighted by molar-refractivity contribution is 7.13. The van der Waals surface area contributed by atoms with Crippen LogP contribution in [0.5, 0.6) is 0 Å². The SMILES string of the molecule is Cc1nc(CC2CCCC2)sc1C(=O)O. The van der Waals surface area contributed by atoms with Gasteiger partial charge >= 0.3 is 5.97 Å². The Balaban J connectivity index is 2.08. The Morgan fingerprint density at radius 3 is 2.73 bits per heavy atom. The average molecular weight is 225 g/mol. The van der Waals surface area contributed by atoms with Crippen molar-refractivity contribution in [2.24, 2.45) is 5.92 Å². The topological polar surface area (TPSA) is 50.2 Å². The summed E-state index contributed by atoms with van der Waals surface area (Å²) in [6.07, 6.45) is 6.17. The lowest BCUT2D eigenvalue weighted by atomic mass is 10.1. The molecule has 1 N–H and O–H groups in total. The molecule has 4 heteroatoms. The quantitative estimate of drug-likeness (QED) is 0.860. The molecule has 82 valence electrons. The van der Waals surface area contributed by atoms with Gasteiger partial charge in [-0.1, -0.05) is 25.7 Å². The number of nitrogens with zero attached hydrogens (tertiary/aromatic N) is 1. The van der Waals surface area contributed by atoms with E-state index in [-0.39, 0.29) is 0 Å². The molecule has 0 radical (unpaired) electrons. The van der Waals surface area contributed by atoms with Gasteiger partial charge in [0.2, 0.25) is 0 Å². The summed E-state index contributed by atoms with van der Waals surface area (Å²) in [7, 11) is 0. The number of hydrogen-bond donors (Lipinski definition) is 1. The normalized spacial score (nSPS) is 17.1. The molecule has 1 fully saturated rings. The highest BCUT2D eigenvalue weighted by atomic mass is 32.1. The number of rotatable bonds is 3. The fraction of sp³-hybridized carbons (Fsp3) is 0.636. The third kappa shape index (κ3) is 2.37. The summed E-state index contributed by atoms with van der Waals surface area (Å²) < 4.78 is 0. The molecule has 0 amide bonds. The van der Waals surface area contributed by atoms with Crippen LogP contribution in [0.4, 0.5) is 0 Å². The lowest BCUT2D eigenvalue weighted by Gasteiger charge is -2.04. The molecule has 3 nitrogen and oxygen atoms in total. The smallest absolute Gasteiger partial charge is 0.347 e. The number of aromatic nitrogens is 1. The number of carbonyl (C=O) groups is 1. The summed E-state index contributed by atoms with van der Waals surface area (Å²) in [4.78, 5) is 15.6. The standard InChI is InChI=1S/C11H15NO2S/c1-7-10(11(13)14)15-9(12-7)6-8-4-2-3-5-8/h8H,2-6H2,1H3,(H,13,14). The summed E-state index contributed by atoms with van der Waals surface area (Å²) in [6.45, 7) is 1.78. The number of carboxylic acids is 1. The molecular weight excluding hydrogens is 210 g/mol. The van der Waals surface area contributed by atoms with Crippen LogP contribution in [-0.2, 0) is 6.42 Å².